The Morgan fingerprint density at radius 3 is 2.48 bits per heavy atom. The summed E-state index contributed by atoms with van der Waals surface area (Å²) in [5, 5.41) is 9.26. The van der Waals surface area contributed by atoms with Gasteiger partial charge in [0.15, 0.2) is 0 Å². The minimum absolute atomic E-state index is 0.0442. The van der Waals surface area contributed by atoms with Gasteiger partial charge in [0.25, 0.3) is 0 Å². The van der Waals surface area contributed by atoms with Gasteiger partial charge < -0.3 is 14.6 Å². The van der Waals surface area contributed by atoms with Crippen LogP contribution in [0.2, 0.25) is 5.15 Å². The first kappa shape index (κ1) is 15.1. The van der Waals surface area contributed by atoms with E-state index in [1.54, 1.807) is 24.3 Å². The van der Waals surface area contributed by atoms with Gasteiger partial charge in [0, 0.05) is 0 Å². The van der Waals surface area contributed by atoms with Gasteiger partial charge in [0.05, 0.1) is 6.61 Å². The lowest BCUT2D eigenvalue weighted by Gasteiger charge is -2.09. The van der Waals surface area contributed by atoms with Crippen molar-refractivity contribution in [1.29, 1.82) is 0 Å². The van der Waals surface area contributed by atoms with Crippen LogP contribution in [0.5, 0.6) is 17.4 Å². The van der Waals surface area contributed by atoms with E-state index in [0.29, 0.717) is 12.4 Å². The molecule has 1 heterocycles. The molecule has 0 saturated heterocycles. The molecule has 0 fully saturated rings. The maximum atomic E-state index is 11.1. The van der Waals surface area contributed by atoms with Crippen LogP contribution in [0.25, 0.3) is 0 Å². The Kier molecular flexibility index (Phi) is 5.00. The molecule has 110 valence electrons. The van der Waals surface area contributed by atoms with Gasteiger partial charge in [-0.25, -0.2) is 9.78 Å². The molecular formula is C15H14ClNO4. The fourth-order valence-electron chi connectivity index (χ4n) is 1.59. The van der Waals surface area contributed by atoms with Crippen LogP contribution in [0.15, 0.2) is 36.4 Å². The van der Waals surface area contributed by atoms with Crippen molar-refractivity contribution in [3.8, 4) is 17.4 Å². The van der Waals surface area contributed by atoms with Gasteiger partial charge in [-0.1, -0.05) is 18.5 Å². The van der Waals surface area contributed by atoms with Gasteiger partial charge >= 0.3 is 5.97 Å². The molecule has 2 aromatic rings. The standard InChI is InChI=1S/C15H14ClNO4/c1-2-9-20-10-3-5-11(6-4-10)21-14-12(15(18)19)7-8-13(16)17-14/h3-8H,2,9H2,1H3,(H,18,19). The largest absolute Gasteiger partial charge is 0.494 e. The first-order valence-corrected chi connectivity index (χ1v) is 6.78. The molecule has 0 unspecified atom stereocenters. The third kappa shape index (κ3) is 4.10. The summed E-state index contributed by atoms with van der Waals surface area (Å²) in [6, 6.07) is 9.61. The highest BCUT2D eigenvalue weighted by atomic mass is 35.5. The normalized spacial score (nSPS) is 10.2. The number of carbonyl (C=O) groups is 1. The SMILES string of the molecule is CCCOc1ccc(Oc2nc(Cl)ccc2C(=O)O)cc1. The lowest BCUT2D eigenvalue weighted by Crippen LogP contribution is -2.02. The second-order valence-electron chi connectivity index (χ2n) is 4.21. The maximum Gasteiger partial charge on any atom is 0.341 e. The number of hydrogen-bond acceptors (Lipinski definition) is 4. The third-order valence-corrected chi connectivity index (χ3v) is 2.78. The maximum absolute atomic E-state index is 11.1. The highest BCUT2D eigenvalue weighted by Gasteiger charge is 2.14. The number of aromatic nitrogens is 1. The molecule has 0 spiro atoms. The molecule has 0 saturated carbocycles. The summed E-state index contributed by atoms with van der Waals surface area (Å²) < 4.78 is 10.9. The molecule has 1 N–H and O–H groups in total. The van der Waals surface area contributed by atoms with Crippen LogP contribution in [0, 0.1) is 0 Å². The first-order valence-electron chi connectivity index (χ1n) is 6.40. The summed E-state index contributed by atoms with van der Waals surface area (Å²) in [5.41, 5.74) is -0.0503. The third-order valence-electron chi connectivity index (χ3n) is 2.57. The monoisotopic (exact) mass is 307 g/mol. The van der Waals surface area contributed by atoms with Crippen LogP contribution in [0.3, 0.4) is 0 Å². The van der Waals surface area contributed by atoms with Gasteiger partial charge in [-0.15, -0.1) is 0 Å². The minimum atomic E-state index is -1.13. The van der Waals surface area contributed by atoms with Crippen LogP contribution >= 0.6 is 11.6 Å². The second kappa shape index (κ2) is 6.95. The average molecular weight is 308 g/mol. The molecule has 5 nitrogen and oxygen atoms in total. The average Bonchev–Trinajstić information content (AvgIpc) is 2.46. The van der Waals surface area contributed by atoms with E-state index in [1.165, 1.54) is 12.1 Å². The van der Waals surface area contributed by atoms with Crippen LogP contribution in [-0.2, 0) is 0 Å². The van der Waals surface area contributed by atoms with Gasteiger partial charge in [0.1, 0.15) is 22.2 Å². The fourth-order valence-corrected chi connectivity index (χ4v) is 1.73. The van der Waals surface area contributed by atoms with E-state index in [-0.39, 0.29) is 16.6 Å². The molecular weight excluding hydrogens is 294 g/mol. The Labute approximate surface area is 127 Å². The van der Waals surface area contributed by atoms with E-state index in [0.717, 1.165) is 12.2 Å². The molecule has 21 heavy (non-hydrogen) atoms. The quantitative estimate of drug-likeness (QED) is 0.816. The second-order valence-corrected chi connectivity index (χ2v) is 4.60. The Hall–Kier alpha value is -2.27. The van der Waals surface area contributed by atoms with Crippen molar-refractivity contribution in [2.45, 2.75) is 13.3 Å². The Bertz CT molecular complexity index is 628. The van der Waals surface area contributed by atoms with Gasteiger partial charge in [-0.05, 0) is 42.8 Å². The number of halogens is 1. The zero-order valence-electron chi connectivity index (χ0n) is 11.4. The van der Waals surface area contributed by atoms with Crippen LogP contribution in [0.4, 0.5) is 0 Å². The summed E-state index contributed by atoms with van der Waals surface area (Å²) in [5.74, 6) is 0.00659. The fraction of sp³-hybridized carbons (Fsp3) is 0.200. The molecule has 0 amide bonds. The van der Waals surface area contributed by atoms with Crippen LogP contribution in [0.1, 0.15) is 23.7 Å². The smallest absolute Gasteiger partial charge is 0.341 e. The Morgan fingerprint density at radius 1 is 1.19 bits per heavy atom. The molecule has 0 atom stereocenters. The molecule has 0 aliphatic heterocycles. The van der Waals surface area contributed by atoms with Crippen molar-refractivity contribution < 1.29 is 19.4 Å². The highest BCUT2D eigenvalue weighted by molar-refractivity contribution is 6.29. The summed E-state index contributed by atoms with van der Waals surface area (Å²) in [7, 11) is 0. The number of benzene rings is 1. The van der Waals surface area contributed by atoms with E-state index < -0.39 is 5.97 Å². The lowest BCUT2D eigenvalue weighted by molar-refractivity contribution is 0.0693. The number of hydrogen-bond donors (Lipinski definition) is 1. The van der Waals surface area contributed by atoms with E-state index in [4.69, 9.17) is 26.2 Å². The minimum Gasteiger partial charge on any atom is -0.494 e. The predicted octanol–water partition coefficient (Wildman–Crippen LogP) is 4.01. The number of carboxylic acids is 1. The molecule has 6 heteroatoms. The van der Waals surface area contributed by atoms with Gasteiger partial charge in [-0.3, -0.25) is 0 Å². The van der Waals surface area contributed by atoms with Gasteiger partial charge in [-0.2, -0.15) is 0 Å². The summed E-state index contributed by atoms with van der Waals surface area (Å²) in [6.07, 6.45) is 0.923. The first-order chi connectivity index (χ1) is 10.1. The lowest BCUT2D eigenvalue weighted by atomic mass is 10.2. The van der Waals surface area contributed by atoms with E-state index >= 15 is 0 Å². The van der Waals surface area contributed by atoms with Gasteiger partial charge in [0.2, 0.25) is 5.88 Å². The van der Waals surface area contributed by atoms with E-state index in [9.17, 15) is 4.79 Å². The highest BCUT2D eigenvalue weighted by Crippen LogP contribution is 2.26. The molecule has 1 aromatic heterocycles. The number of carboxylic acid groups (broad SMARTS) is 1. The van der Waals surface area contributed by atoms with Crippen molar-refractivity contribution in [1.82, 2.24) is 4.98 Å². The van der Waals surface area contributed by atoms with Crippen molar-refractivity contribution in [2.75, 3.05) is 6.61 Å². The number of pyridine rings is 1. The zero-order chi connectivity index (χ0) is 15.2. The number of rotatable bonds is 6. The van der Waals surface area contributed by atoms with Crippen molar-refractivity contribution in [2.24, 2.45) is 0 Å². The van der Waals surface area contributed by atoms with Crippen molar-refractivity contribution in [3.05, 3.63) is 47.1 Å². The molecule has 0 bridgehead atoms. The van der Waals surface area contributed by atoms with E-state index in [1.807, 2.05) is 6.92 Å². The topological polar surface area (TPSA) is 68.7 Å². The predicted molar refractivity (Wildman–Crippen MR) is 78.5 cm³/mol. The Balaban J connectivity index is 2.18. The zero-order valence-corrected chi connectivity index (χ0v) is 12.1. The summed E-state index contributed by atoms with van der Waals surface area (Å²) in [6.45, 7) is 2.66. The molecule has 1 aromatic carbocycles. The molecule has 0 radical (unpaired) electrons. The van der Waals surface area contributed by atoms with Crippen molar-refractivity contribution >= 4 is 17.6 Å². The molecule has 2 rings (SSSR count). The van der Waals surface area contributed by atoms with E-state index in [2.05, 4.69) is 4.98 Å². The number of aromatic carboxylic acids is 1. The van der Waals surface area contributed by atoms with Crippen LogP contribution < -0.4 is 9.47 Å². The number of ether oxygens (including phenoxy) is 2. The van der Waals surface area contributed by atoms with Crippen molar-refractivity contribution in [3.63, 3.8) is 0 Å². The molecule has 0 aliphatic carbocycles. The summed E-state index contributed by atoms with van der Waals surface area (Å²) in [4.78, 5) is 15.0. The summed E-state index contributed by atoms with van der Waals surface area (Å²) >= 11 is 5.77. The number of nitrogens with zero attached hydrogens (tertiary/aromatic N) is 1. The molecule has 0 aliphatic rings. The van der Waals surface area contributed by atoms with Crippen LogP contribution in [-0.4, -0.2) is 22.7 Å². The Morgan fingerprint density at radius 2 is 1.86 bits per heavy atom.